The van der Waals surface area contributed by atoms with Crippen LogP contribution in [0.4, 0.5) is 0 Å². The first-order valence-corrected chi connectivity index (χ1v) is 10.2. The molecule has 2 aliphatic heterocycles. The number of hydrogen-bond acceptors (Lipinski definition) is 4. The number of nitrogens with zero attached hydrogens (tertiary/aromatic N) is 2. The van der Waals surface area contributed by atoms with Crippen molar-refractivity contribution in [3.8, 4) is 0 Å². The Hall–Kier alpha value is 0.0200. The Morgan fingerprint density at radius 2 is 1.68 bits per heavy atom. The second-order valence-electron chi connectivity index (χ2n) is 5.59. The quantitative estimate of drug-likeness (QED) is 0.462. The summed E-state index contributed by atoms with van der Waals surface area (Å²) in [5, 5.41) is 3.35. The lowest BCUT2D eigenvalue weighted by Gasteiger charge is -2.17. The minimum atomic E-state index is -3.48. The zero-order chi connectivity index (χ0) is 15.9. The van der Waals surface area contributed by atoms with Gasteiger partial charge in [-0.3, -0.25) is 4.79 Å². The summed E-state index contributed by atoms with van der Waals surface area (Å²) >= 11 is 3.42. The number of likely N-dealkylation sites (tertiary alicyclic amines) is 1. The van der Waals surface area contributed by atoms with Crippen LogP contribution in [0.3, 0.4) is 0 Å². The van der Waals surface area contributed by atoms with E-state index in [9.17, 15) is 13.2 Å². The van der Waals surface area contributed by atoms with Gasteiger partial charge < -0.3 is 10.2 Å². The summed E-state index contributed by atoms with van der Waals surface area (Å²) < 4.78 is 25.1. The molecule has 2 saturated heterocycles. The van der Waals surface area contributed by atoms with Gasteiger partial charge in [0.05, 0.1) is 4.90 Å². The van der Waals surface area contributed by atoms with E-state index in [0.717, 1.165) is 26.9 Å². The van der Waals surface area contributed by atoms with Crippen molar-refractivity contribution >= 4 is 61.7 Å². The van der Waals surface area contributed by atoms with Crippen LogP contribution < -0.4 is 5.32 Å². The van der Waals surface area contributed by atoms with Crippen LogP contribution in [0.15, 0.2) is 29.2 Å². The Morgan fingerprint density at radius 1 is 1.14 bits per heavy atom. The molecule has 0 saturated carbocycles. The number of halogens is 2. The molecule has 0 aromatic heterocycles. The summed E-state index contributed by atoms with van der Waals surface area (Å²) in [7, 11) is -3.48. The van der Waals surface area contributed by atoms with Crippen LogP contribution in [0.5, 0.6) is 0 Å². The van der Waals surface area contributed by atoms with Crippen LogP contribution in [-0.4, -0.2) is 46.1 Å². The van der Waals surface area contributed by atoms with Gasteiger partial charge in [-0.2, -0.15) is 0 Å². The third kappa shape index (κ3) is 3.14. The first-order valence-electron chi connectivity index (χ1n) is 6.86. The minimum Gasteiger partial charge on any atom is -0.338 e. The Labute approximate surface area is 157 Å². The second-order valence-corrected chi connectivity index (χ2v) is 12.5. The average Bonchev–Trinajstić information content (AvgIpc) is 3.07. The second kappa shape index (κ2) is 6.49. The van der Waals surface area contributed by atoms with Crippen LogP contribution in [0.25, 0.3) is 0 Å². The van der Waals surface area contributed by atoms with E-state index in [1.54, 1.807) is 57.9 Å². The lowest BCUT2D eigenvalue weighted by atomic mass is 10.0. The monoisotopic (exact) mass is 547 g/mol. The molecule has 22 heavy (non-hydrogen) atoms. The minimum absolute atomic E-state index is 0.0147. The predicted molar refractivity (Wildman–Crippen MR) is 99.3 cm³/mol. The van der Waals surface area contributed by atoms with Crippen LogP contribution in [0.1, 0.15) is 10.4 Å². The molecule has 9 heteroatoms. The van der Waals surface area contributed by atoms with E-state index in [1.807, 2.05) is 4.90 Å². The summed E-state index contributed by atoms with van der Waals surface area (Å²) in [6, 6.07) is 6.17. The van der Waals surface area contributed by atoms with Crippen molar-refractivity contribution in [3.05, 3.63) is 29.8 Å². The highest BCUT2D eigenvalue weighted by Gasteiger charge is 2.38. The van der Waals surface area contributed by atoms with E-state index in [2.05, 4.69) is 5.32 Å². The summed E-state index contributed by atoms with van der Waals surface area (Å²) in [4.78, 5) is 14.6. The smallest absolute Gasteiger partial charge is 0.260 e. The molecule has 2 fully saturated rings. The number of carbonyl (C=O) groups is 1. The fourth-order valence-electron chi connectivity index (χ4n) is 3.05. The van der Waals surface area contributed by atoms with Crippen molar-refractivity contribution in [3.63, 3.8) is 0 Å². The number of hydrogen-bond donors (Lipinski definition) is 1. The molecule has 0 bridgehead atoms. The fraction of sp³-hybridized carbons (Fsp3) is 0.462. The molecule has 0 spiro atoms. The van der Waals surface area contributed by atoms with Crippen molar-refractivity contribution in [1.29, 1.82) is 0 Å². The average molecular weight is 547 g/mol. The maximum absolute atomic E-state index is 12.5. The summed E-state index contributed by atoms with van der Waals surface area (Å²) in [6.07, 6.45) is 0. The van der Waals surface area contributed by atoms with E-state index in [4.69, 9.17) is 0 Å². The van der Waals surface area contributed by atoms with E-state index in [1.165, 1.54) is 12.1 Å². The van der Waals surface area contributed by atoms with E-state index < -0.39 is 10.0 Å². The molecule has 2 atom stereocenters. The normalized spacial score (nSPS) is 24.8. The van der Waals surface area contributed by atoms with Gasteiger partial charge in [0.15, 0.2) is 0 Å². The third-order valence-corrected chi connectivity index (χ3v) is 8.60. The molecule has 2 heterocycles. The van der Waals surface area contributed by atoms with Crippen LogP contribution in [0.2, 0.25) is 0 Å². The van der Waals surface area contributed by atoms with Gasteiger partial charge in [0.1, 0.15) is 0 Å². The Balaban J connectivity index is 1.75. The third-order valence-electron chi connectivity index (χ3n) is 4.26. The largest absolute Gasteiger partial charge is 0.338 e. The van der Waals surface area contributed by atoms with Gasteiger partial charge >= 0.3 is 0 Å². The van der Waals surface area contributed by atoms with Gasteiger partial charge in [0.2, 0.25) is 0 Å². The number of benzene rings is 1. The van der Waals surface area contributed by atoms with Gasteiger partial charge in [-0.05, 0) is 36.1 Å². The lowest BCUT2D eigenvalue weighted by molar-refractivity contribution is 0.0781. The van der Waals surface area contributed by atoms with Crippen LogP contribution >= 0.6 is 45.7 Å². The summed E-state index contributed by atoms with van der Waals surface area (Å²) in [6.45, 7) is 3.53. The van der Waals surface area contributed by atoms with Gasteiger partial charge in [-0.15, -0.1) is 0 Å². The summed E-state index contributed by atoms with van der Waals surface area (Å²) in [5.41, 5.74) is 0.542. The molecule has 120 valence electrons. The number of carbonyl (C=O) groups excluding carboxylic acids is 1. The molecule has 2 aliphatic rings. The highest BCUT2D eigenvalue weighted by atomic mass is 127. The molecule has 1 aromatic carbocycles. The van der Waals surface area contributed by atoms with Gasteiger partial charge in [-0.1, -0.05) is 0.732 Å². The van der Waals surface area contributed by atoms with Crippen LogP contribution in [0, 0.1) is 11.8 Å². The molecule has 0 unspecified atom stereocenters. The molecular weight excluding hydrogens is 532 g/mol. The number of rotatable bonds is 3. The highest BCUT2D eigenvalue weighted by Crippen LogP contribution is 2.28. The zero-order valence-corrected chi connectivity index (χ0v) is 16.7. The molecule has 1 N–H and O–H groups in total. The molecule has 1 aromatic rings. The molecule has 0 aliphatic carbocycles. The van der Waals surface area contributed by atoms with E-state index in [-0.39, 0.29) is 10.8 Å². The highest BCUT2D eigenvalue weighted by molar-refractivity contribution is 14.2. The maximum Gasteiger partial charge on any atom is 0.260 e. The Kier molecular flexibility index (Phi) is 4.98. The molecule has 1 amide bonds. The van der Waals surface area contributed by atoms with Crippen molar-refractivity contribution in [2.75, 3.05) is 26.2 Å². The molecule has 3 rings (SSSR count). The number of amides is 1. The van der Waals surface area contributed by atoms with Gasteiger partial charge in [-0.25, -0.2) is 8.42 Å². The number of sulfonamides is 1. The van der Waals surface area contributed by atoms with Gasteiger partial charge in [0.25, 0.3) is 15.9 Å². The van der Waals surface area contributed by atoms with Gasteiger partial charge in [0, 0.05) is 77.5 Å². The molecular formula is C13H15I2N3O3S. The zero-order valence-electron chi connectivity index (χ0n) is 11.6. The van der Waals surface area contributed by atoms with Crippen molar-refractivity contribution in [1.82, 2.24) is 10.9 Å². The maximum atomic E-state index is 12.5. The SMILES string of the molecule is O=C(c1ccc(S(=O)(=O)N(I)I)cc1)N1C[C@H]2CNC[C@H]2C1. The predicted octanol–water partition coefficient (Wildman–Crippen LogP) is 1.67. The van der Waals surface area contributed by atoms with E-state index >= 15 is 0 Å². The molecule has 6 nitrogen and oxygen atoms in total. The first kappa shape index (κ1) is 16.9. The number of fused-ring (bicyclic) bond motifs is 1. The van der Waals surface area contributed by atoms with Crippen molar-refractivity contribution < 1.29 is 13.2 Å². The Morgan fingerprint density at radius 3 is 2.18 bits per heavy atom. The Bertz CT molecular complexity index is 666. The van der Waals surface area contributed by atoms with Crippen molar-refractivity contribution in [2.45, 2.75) is 4.90 Å². The lowest BCUT2D eigenvalue weighted by Crippen LogP contribution is -2.31. The fourth-order valence-corrected chi connectivity index (χ4v) is 5.06. The summed E-state index contributed by atoms with van der Waals surface area (Å²) in [5.74, 6) is 1.09. The molecule has 0 radical (unpaired) electrons. The standard InChI is InChI=1S/C13H15I2N3O3S/c14-18(15)22(20,21)12-3-1-9(2-4-12)13(19)17-7-10-5-16-6-11(10)8-17/h1-4,10-11,16H,5-8H2/t10-,11+. The van der Waals surface area contributed by atoms with Crippen molar-refractivity contribution in [2.24, 2.45) is 11.8 Å². The topological polar surface area (TPSA) is 69.7 Å². The van der Waals surface area contributed by atoms with E-state index in [0.29, 0.717) is 17.4 Å². The van der Waals surface area contributed by atoms with Crippen LogP contribution in [-0.2, 0) is 10.0 Å². The first-order chi connectivity index (χ1) is 10.4. The number of nitrogens with one attached hydrogen (secondary N) is 1.